The van der Waals surface area contributed by atoms with Crippen LogP contribution in [0.2, 0.25) is 0 Å². The number of urea groups is 1. The number of sulfonamides is 1. The maximum atomic E-state index is 14.1. The SMILES string of the molecule is CC1(c2cccc3ccccc23)C(=O)N(CCCn2ccnc2)C(=O)N1Cc1cccc(CNS(C)(=O)=O)c1. The summed E-state index contributed by atoms with van der Waals surface area (Å²) >= 11 is 0. The van der Waals surface area contributed by atoms with Gasteiger partial charge in [-0.2, -0.15) is 0 Å². The van der Waals surface area contributed by atoms with Crippen LogP contribution in [0.1, 0.15) is 30.0 Å². The van der Waals surface area contributed by atoms with Gasteiger partial charge in [0, 0.05) is 38.6 Å². The molecule has 0 spiro atoms. The number of aromatic nitrogens is 2. The summed E-state index contributed by atoms with van der Waals surface area (Å²) in [6.07, 6.45) is 6.98. The van der Waals surface area contributed by atoms with Crippen molar-refractivity contribution in [2.75, 3.05) is 12.8 Å². The lowest BCUT2D eigenvalue weighted by Crippen LogP contribution is -2.44. The largest absolute Gasteiger partial charge is 0.337 e. The van der Waals surface area contributed by atoms with Gasteiger partial charge in [-0.15, -0.1) is 0 Å². The van der Waals surface area contributed by atoms with Crippen molar-refractivity contribution in [3.8, 4) is 0 Å². The number of rotatable bonds is 10. The average Bonchev–Trinajstić information content (AvgIpc) is 3.50. The van der Waals surface area contributed by atoms with Gasteiger partial charge >= 0.3 is 6.03 Å². The van der Waals surface area contributed by atoms with Crippen molar-refractivity contribution < 1.29 is 18.0 Å². The Morgan fingerprint density at radius 3 is 2.46 bits per heavy atom. The molecule has 4 aromatic rings. The van der Waals surface area contributed by atoms with Gasteiger partial charge < -0.3 is 9.47 Å². The number of imidazole rings is 1. The van der Waals surface area contributed by atoms with E-state index in [0.717, 1.165) is 33.7 Å². The summed E-state index contributed by atoms with van der Waals surface area (Å²) in [6, 6.07) is 20.7. The van der Waals surface area contributed by atoms with Gasteiger partial charge in [-0.3, -0.25) is 9.69 Å². The number of nitrogens with one attached hydrogen (secondary N) is 1. The third kappa shape index (κ3) is 5.43. The van der Waals surface area contributed by atoms with E-state index in [1.165, 1.54) is 4.90 Å². The van der Waals surface area contributed by atoms with E-state index < -0.39 is 15.6 Å². The molecule has 10 heteroatoms. The normalized spacial score (nSPS) is 17.9. The van der Waals surface area contributed by atoms with Crippen molar-refractivity contribution in [1.29, 1.82) is 0 Å². The Morgan fingerprint density at radius 1 is 0.949 bits per heavy atom. The number of imide groups is 1. The number of aryl methyl sites for hydroxylation is 1. The molecule has 3 aromatic carbocycles. The molecular formula is C29H31N5O4S. The quantitative estimate of drug-likeness (QED) is 0.305. The molecular weight excluding hydrogens is 514 g/mol. The van der Waals surface area contributed by atoms with Gasteiger partial charge in [0.25, 0.3) is 5.91 Å². The zero-order chi connectivity index (χ0) is 27.6. The van der Waals surface area contributed by atoms with Crippen molar-refractivity contribution in [2.45, 2.75) is 38.5 Å². The second kappa shape index (κ2) is 10.6. The molecule has 9 nitrogen and oxygen atoms in total. The molecule has 1 aromatic heterocycles. The smallest absolute Gasteiger partial charge is 0.328 e. The highest BCUT2D eigenvalue weighted by Gasteiger charge is 2.55. The van der Waals surface area contributed by atoms with Crippen LogP contribution in [-0.4, -0.2) is 52.5 Å². The summed E-state index contributed by atoms with van der Waals surface area (Å²) in [5, 5.41) is 1.91. The molecule has 3 amide bonds. The van der Waals surface area contributed by atoms with Crippen LogP contribution in [0.25, 0.3) is 10.8 Å². The molecule has 1 unspecified atom stereocenters. The molecule has 5 rings (SSSR count). The van der Waals surface area contributed by atoms with E-state index >= 15 is 0 Å². The highest BCUT2D eigenvalue weighted by Crippen LogP contribution is 2.41. The van der Waals surface area contributed by atoms with Crippen molar-refractivity contribution in [2.24, 2.45) is 0 Å². The molecule has 39 heavy (non-hydrogen) atoms. The molecule has 0 saturated carbocycles. The van der Waals surface area contributed by atoms with Crippen molar-refractivity contribution in [3.63, 3.8) is 0 Å². The first kappa shape index (κ1) is 26.6. The topological polar surface area (TPSA) is 105 Å². The molecule has 0 aliphatic carbocycles. The van der Waals surface area contributed by atoms with Crippen LogP contribution in [0.5, 0.6) is 0 Å². The van der Waals surface area contributed by atoms with Crippen LogP contribution in [0, 0.1) is 0 Å². The average molecular weight is 546 g/mol. The van der Waals surface area contributed by atoms with Crippen LogP contribution in [0.15, 0.2) is 85.5 Å². The molecule has 1 aliphatic heterocycles. The van der Waals surface area contributed by atoms with E-state index in [-0.39, 0.29) is 31.6 Å². The number of amides is 3. The number of carbonyl (C=O) groups excluding carboxylic acids is 2. The van der Waals surface area contributed by atoms with Gasteiger partial charge in [-0.25, -0.2) is 22.9 Å². The summed E-state index contributed by atoms with van der Waals surface area (Å²) in [6.45, 7) is 3.07. The molecule has 1 saturated heterocycles. The summed E-state index contributed by atoms with van der Waals surface area (Å²) in [5.41, 5.74) is 1.11. The Balaban J connectivity index is 1.50. The predicted octanol–water partition coefficient (Wildman–Crippen LogP) is 3.86. The van der Waals surface area contributed by atoms with Crippen molar-refractivity contribution in [1.82, 2.24) is 24.1 Å². The highest BCUT2D eigenvalue weighted by atomic mass is 32.2. The van der Waals surface area contributed by atoms with Crippen molar-refractivity contribution in [3.05, 3.63) is 102 Å². The zero-order valence-corrected chi connectivity index (χ0v) is 22.8. The number of carbonyl (C=O) groups is 2. The fraction of sp³-hybridized carbons (Fsp3) is 0.276. The van der Waals surface area contributed by atoms with Crippen LogP contribution >= 0.6 is 0 Å². The Morgan fingerprint density at radius 2 is 1.69 bits per heavy atom. The second-order valence-corrected chi connectivity index (χ2v) is 11.8. The molecule has 2 heterocycles. The van der Waals surface area contributed by atoms with E-state index in [1.54, 1.807) is 17.4 Å². The number of nitrogens with zero attached hydrogens (tertiary/aromatic N) is 4. The van der Waals surface area contributed by atoms with Gasteiger partial charge in [0.1, 0.15) is 5.54 Å². The van der Waals surface area contributed by atoms with Gasteiger partial charge in [-0.05, 0) is 40.8 Å². The number of benzene rings is 3. The van der Waals surface area contributed by atoms with Gasteiger partial charge in [0.05, 0.1) is 12.6 Å². The summed E-state index contributed by atoms with van der Waals surface area (Å²) in [4.78, 5) is 35.1. The molecule has 0 bridgehead atoms. The van der Waals surface area contributed by atoms with E-state index in [9.17, 15) is 18.0 Å². The van der Waals surface area contributed by atoms with Gasteiger partial charge in [-0.1, -0.05) is 66.7 Å². The molecule has 1 aliphatic rings. The monoisotopic (exact) mass is 545 g/mol. The third-order valence-electron chi connectivity index (χ3n) is 7.21. The minimum absolute atomic E-state index is 0.139. The first-order valence-electron chi connectivity index (χ1n) is 12.8. The molecule has 1 atom stereocenters. The molecule has 1 fully saturated rings. The zero-order valence-electron chi connectivity index (χ0n) is 21.9. The Labute approximate surface area is 228 Å². The lowest BCUT2D eigenvalue weighted by Gasteiger charge is -2.33. The summed E-state index contributed by atoms with van der Waals surface area (Å²) in [5.74, 6) is -0.260. The van der Waals surface area contributed by atoms with E-state index in [0.29, 0.717) is 13.0 Å². The van der Waals surface area contributed by atoms with Crippen molar-refractivity contribution >= 4 is 32.7 Å². The summed E-state index contributed by atoms with van der Waals surface area (Å²) in [7, 11) is -3.35. The third-order valence-corrected chi connectivity index (χ3v) is 7.87. The minimum atomic E-state index is -3.35. The fourth-order valence-corrected chi connectivity index (χ4v) is 5.63. The Kier molecular flexibility index (Phi) is 7.24. The predicted molar refractivity (Wildman–Crippen MR) is 149 cm³/mol. The summed E-state index contributed by atoms with van der Waals surface area (Å²) < 4.78 is 27.6. The maximum absolute atomic E-state index is 14.1. The maximum Gasteiger partial charge on any atom is 0.328 e. The number of fused-ring (bicyclic) bond motifs is 1. The fourth-order valence-electron chi connectivity index (χ4n) is 5.20. The molecule has 1 N–H and O–H groups in total. The molecule has 202 valence electrons. The first-order valence-corrected chi connectivity index (χ1v) is 14.7. The Hall–Kier alpha value is -4.02. The highest BCUT2D eigenvalue weighted by molar-refractivity contribution is 7.88. The van der Waals surface area contributed by atoms with Crippen LogP contribution in [0.4, 0.5) is 4.79 Å². The van der Waals surface area contributed by atoms with E-state index in [2.05, 4.69) is 9.71 Å². The minimum Gasteiger partial charge on any atom is -0.337 e. The standard InChI is InChI=1S/C29H31N5O4S/c1-29(26-13-6-11-24-10-3-4-12-25(24)26)27(35)33(16-7-15-32-17-14-30-21-32)28(36)34(29)20-23-9-5-8-22(18-23)19-31-39(2,37)38/h3-6,8-14,17-18,21,31H,7,15-16,19-20H2,1-2H3. The second-order valence-electron chi connectivity index (χ2n) is 9.99. The van der Waals surface area contributed by atoms with E-state index in [1.807, 2.05) is 84.4 Å². The molecule has 0 radical (unpaired) electrons. The van der Waals surface area contributed by atoms with Gasteiger partial charge in [0.2, 0.25) is 10.0 Å². The van der Waals surface area contributed by atoms with Crippen LogP contribution in [0.3, 0.4) is 0 Å². The number of hydrogen-bond donors (Lipinski definition) is 1. The van der Waals surface area contributed by atoms with E-state index in [4.69, 9.17) is 0 Å². The first-order chi connectivity index (χ1) is 18.7. The Bertz CT molecular complexity index is 1610. The lowest BCUT2D eigenvalue weighted by atomic mass is 9.86. The van der Waals surface area contributed by atoms with Crippen LogP contribution in [-0.2, 0) is 40.0 Å². The lowest BCUT2D eigenvalue weighted by molar-refractivity contribution is -0.133. The number of hydrogen-bond acceptors (Lipinski definition) is 5. The van der Waals surface area contributed by atoms with Crippen LogP contribution < -0.4 is 4.72 Å². The van der Waals surface area contributed by atoms with Gasteiger partial charge in [0.15, 0.2) is 0 Å².